The number of phenolic OH excluding ortho intramolecular Hbond substituents is 3. The van der Waals surface area contributed by atoms with Gasteiger partial charge in [-0.1, -0.05) is 17.7 Å². The second kappa shape index (κ2) is 8.25. The molecule has 0 bridgehead atoms. The molecular formula is C21H22O5. The molecule has 0 fully saturated rings. The number of phenols is 3. The van der Waals surface area contributed by atoms with Crippen LogP contribution < -0.4 is 4.74 Å². The summed E-state index contributed by atoms with van der Waals surface area (Å²) in [6.07, 6.45) is 5.44. The van der Waals surface area contributed by atoms with Gasteiger partial charge in [0.05, 0.1) is 12.7 Å². The van der Waals surface area contributed by atoms with Crippen LogP contribution in [-0.2, 0) is 6.42 Å². The number of carbonyl (C=O) groups is 1. The summed E-state index contributed by atoms with van der Waals surface area (Å²) in [5.41, 5.74) is 2.59. The maximum atomic E-state index is 12.3. The predicted octanol–water partition coefficient (Wildman–Crippen LogP) is 4.22. The summed E-state index contributed by atoms with van der Waals surface area (Å²) in [7, 11) is 1.47. The van der Waals surface area contributed by atoms with Crippen molar-refractivity contribution in [1.82, 2.24) is 0 Å². The van der Waals surface area contributed by atoms with Gasteiger partial charge >= 0.3 is 0 Å². The summed E-state index contributed by atoms with van der Waals surface area (Å²) in [6, 6.07) is 7.21. The van der Waals surface area contributed by atoms with Gasteiger partial charge in [-0.3, -0.25) is 4.79 Å². The van der Waals surface area contributed by atoms with Gasteiger partial charge in [-0.25, -0.2) is 0 Å². The number of carbonyl (C=O) groups excluding carboxylic acids is 1. The molecule has 0 saturated carbocycles. The topological polar surface area (TPSA) is 87.0 Å². The predicted molar refractivity (Wildman–Crippen MR) is 101 cm³/mol. The van der Waals surface area contributed by atoms with Gasteiger partial charge in [0, 0.05) is 11.6 Å². The smallest absolute Gasteiger partial charge is 0.189 e. The third-order valence-corrected chi connectivity index (χ3v) is 3.80. The largest absolute Gasteiger partial charge is 0.508 e. The average Bonchev–Trinajstić information content (AvgIpc) is 2.59. The van der Waals surface area contributed by atoms with Crippen LogP contribution in [0.2, 0.25) is 0 Å². The fourth-order valence-electron chi connectivity index (χ4n) is 2.40. The van der Waals surface area contributed by atoms with Gasteiger partial charge in [-0.2, -0.15) is 0 Å². The van der Waals surface area contributed by atoms with Crippen LogP contribution >= 0.6 is 0 Å². The van der Waals surface area contributed by atoms with E-state index >= 15 is 0 Å². The Kier molecular flexibility index (Phi) is 6.07. The van der Waals surface area contributed by atoms with Crippen molar-refractivity contribution in [3.63, 3.8) is 0 Å². The van der Waals surface area contributed by atoms with Gasteiger partial charge in [0.15, 0.2) is 17.3 Å². The lowest BCUT2D eigenvalue weighted by Gasteiger charge is -2.10. The Bertz CT molecular complexity index is 874. The minimum absolute atomic E-state index is 0.0738. The highest BCUT2D eigenvalue weighted by Crippen LogP contribution is 2.33. The van der Waals surface area contributed by atoms with E-state index in [1.807, 2.05) is 19.9 Å². The molecule has 0 aliphatic carbocycles. The number of methoxy groups -OCH3 is 1. The van der Waals surface area contributed by atoms with Crippen LogP contribution in [-0.4, -0.2) is 28.2 Å². The molecule has 2 aromatic carbocycles. The van der Waals surface area contributed by atoms with Crippen molar-refractivity contribution in [2.45, 2.75) is 20.3 Å². The third kappa shape index (κ3) is 4.66. The molecule has 0 aliphatic heterocycles. The monoisotopic (exact) mass is 354 g/mol. The molecule has 3 N–H and O–H groups in total. The number of benzene rings is 2. The lowest BCUT2D eigenvalue weighted by atomic mass is 10.0. The highest BCUT2D eigenvalue weighted by molar-refractivity contribution is 6.08. The van der Waals surface area contributed by atoms with E-state index in [4.69, 9.17) is 4.74 Å². The molecule has 0 radical (unpaired) electrons. The quantitative estimate of drug-likeness (QED) is 0.411. The molecule has 136 valence electrons. The van der Waals surface area contributed by atoms with Crippen LogP contribution in [0.1, 0.15) is 35.3 Å². The molecule has 2 rings (SSSR count). The molecule has 0 unspecified atom stereocenters. The van der Waals surface area contributed by atoms with E-state index in [9.17, 15) is 20.1 Å². The Morgan fingerprint density at radius 1 is 1.12 bits per heavy atom. The first-order chi connectivity index (χ1) is 12.3. The molecule has 0 heterocycles. The molecule has 0 atom stereocenters. The number of allylic oxidation sites excluding steroid dienone is 3. The van der Waals surface area contributed by atoms with Crippen LogP contribution in [0.25, 0.3) is 6.08 Å². The minimum atomic E-state index is -0.402. The van der Waals surface area contributed by atoms with Crippen LogP contribution in [0.5, 0.6) is 23.0 Å². The molecule has 2 aromatic rings. The maximum Gasteiger partial charge on any atom is 0.189 e. The Hall–Kier alpha value is -3.21. The summed E-state index contributed by atoms with van der Waals surface area (Å²) in [5, 5.41) is 29.3. The zero-order valence-corrected chi connectivity index (χ0v) is 15.0. The number of hydrogen-bond acceptors (Lipinski definition) is 5. The first-order valence-corrected chi connectivity index (χ1v) is 8.09. The number of ether oxygens (including phenoxy) is 1. The lowest BCUT2D eigenvalue weighted by molar-refractivity contribution is 0.104. The molecular weight excluding hydrogens is 332 g/mol. The molecule has 0 saturated heterocycles. The maximum absolute atomic E-state index is 12.3. The highest BCUT2D eigenvalue weighted by Gasteiger charge is 2.11. The van der Waals surface area contributed by atoms with E-state index < -0.39 is 5.78 Å². The summed E-state index contributed by atoms with van der Waals surface area (Å²) in [4.78, 5) is 12.3. The number of rotatable bonds is 6. The normalized spacial score (nSPS) is 10.7. The highest BCUT2D eigenvalue weighted by atomic mass is 16.5. The fraction of sp³-hybridized carbons (Fsp3) is 0.190. The van der Waals surface area contributed by atoms with Crippen molar-refractivity contribution >= 4 is 11.9 Å². The Balaban J connectivity index is 2.32. The van der Waals surface area contributed by atoms with E-state index in [1.54, 1.807) is 18.2 Å². The van der Waals surface area contributed by atoms with Crippen LogP contribution in [0.4, 0.5) is 0 Å². The number of hydrogen-bond donors (Lipinski definition) is 3. The minimum Gasteiger partial charge on any atom is -0.508 e. The molecule has 5 nitrogen and oxygen atoms in total. The van der Waals surface area contributed by atoms with E-state index in [-0.39, 0.29) is 22.8 Å². The number of aromatic hydroxyl groups is 3. The first-order valence-electron chi connectivity index (χ1n) is 8.09. The number of ketones is 1. The van der Waals surface area contributed by atoms with Crippen molar-refractivity contribution in [2.75, 3.05) is 7.11 Å². The summed E-state index contributed by atoms with van der Waals surface area (Å²) in [5.74, 6) is -0.406. The summed E-state index contributed by atoms with van der Waals surface area (Å²) >= 11 is 0. The van der Waals surface area contributed by atoms with Crippen molar-refractivity contribution in [3.05, 3.63) is 64.7 Å². The summed E-state index contributed by atoms with van der Waals surface area (Å²) < 4.78 is 5.20. The van der Waals surface area contributed by atoms with Crippen LogP contribution in [0, 0.1) is 0 Å². The van der Waals surface area contributed by atoms with E-state index in [0.29, 0.717) is 23.3 Å². The lowest BCUT2D eigenvalue weighted by Crippen LogP contribution is -1.95. The zero-order valence-electron chi connectivity index (χ0n) is 15.0. The second-order valence-corrected chi connectivity index (χ2v) is 6.12. The molecule has 0 spiro atoms. The molecule has 5 heteroatoms. The summed E-state index contributed by atoms with van der Waals surface area (Å²) in [6.45, 7) is 3.95. The molecule has 0 aromatic heterocycles. The van der Waals surface area contributed by atoms with Gasteiger partial charge in [-0.15, -0.1) is 0 Å². The third-order valence-electron chi connectivity index (χ3n) is 3.80. The zero-order chi connectivity index (χ0) is 19.3. The molecule has 0 aliphatic rings. The molecule has 26 heavy (non-hydrogen) atoms. The fourth-order valence-corrected chi connectivity index (χ4v) is 2.40. The van der Waals surface area contributed by atoms with Crippen LogP contribution in [0.3, 0.4) is 0 Å². The second-order valence-electron chi connectivity index (χ2n) is 6.12. The Morgan fingerprint density at radius 2 is 1.85 bits per heavy atom. The van der Waals surface area contributed by atoms with Gasteiger partial charge in [0.1, 0.15) is 11.5 Å². The van der Waals surface area contributed by atoms with Crippen LogP contribution in [0.15, 0.2) is 48.1 Å². The Morgan fingerprint density at radius 3 is 2.46 bits per heavy atom. The average molecular weight is 354 g/mol. The van der Waals surface area contributed by atoms with E-state index in [0.717, 1.165) is 11.6 Å². The van der Waals surface area contributed by atoms with Gasteiger partial charge < -0.3 is 20.1 Å². The standard InChI is InChI=1S/C21H22O5/c1-13(2)4-6-15-10-14(11-20(26-3)21(15)25)5-9-18(23)17-8-7-16(22)12-19(17)24/h4-5,7-12,22,24-25H,6H2,1-3H3. The van der Waals surface area contributed by atoms with Gasteiger partial charge in [0.2, 0.25) is 0 Å². The van der Waals surface area contributed by atoms with Crippen molar-refractivity contribution in [1.29, 1.82) is 0 Å². The first kappa shape index (κ1) is 19.1. The SMILES string of the molecule is COc1cc(C=CC(=O)c2ccc(O)cc2O)cc(CC=C(C)C)c1O. The van der Waals surface area contributed by atoms with Gasteiger partial charge in [-0.05, 0) is 56.2 Å². The van der Waals surface area contributed by atoms with E-state index in [2.05, 4.69) is 0 Å². The van der Waals surface area contributed by atoms with Gasteiger partial charge in [0.25, 0.3) is 0 Å². The van der Waals surface area contributed by atoms with Crippen molar-refractivity contribution in [3.8, 4) is 23.0 Å². The van der Waals surface area contributed by atoms with Crippen molar-refractivity contribution < 1.29 is 24.9 Å². The Labute approximate surface area is 152 Å². The van der Waals surface area contributed by atoms with Crippen molar-refractivity contribution in [2.24, 2.45) is 0 Å². The van der Waals surface area contributed by atoms with E-state index in [1.165, 1.54) is 25.3 Å². The molecule has 0 amide bonds.